The Morgan fingerprint density at radius 2 is 1.61 bits per heavy atom. The average molecular weight is 762 g/mol. The van der Waals surface area contributed by atoms with Gasteiger partial charge in [-0.05, 0) is 116 Å². The molecule has 0 fully saturated rings. The second-order valence-corrected chi connectivity index (χ2v) is 14.4. The molecule has 4 N–H and O–H groups in total. The van der Waals surface area contributed by atoms with E-state index in [-0.39, 0.29) is 24.1 Å². The van der Waals surface area contributed by atoms with E-state index in [2.05, 4.69) is 27.8 Å². The van der Waals surface area contributed by atoms with Gasteiger partial charge in [0.25, 0.3) is 0 Å². The predicted octanol–water partition coefficient (Wildman–Crippen LogP) is 7.98. The number of carbonyl (C=O) groups is 2. The van der Waals surface area contributed by atoms with Crippen molar-refractivity contribution in [1.82, 2.24) is 20.2 Å². The van der Waals surface area contributed by atoms with Gasteiger partial charge in [0.15, 0.2) is 11.5 Å². The van der Waals surface area contributed by atoms with E-state index in [1.165, 1.54) is 49.0 Å². The Bertz CT molecular complexity index is 2140. The highest BCUT2D eigenvalue weighted by molar-refractivity contribution is 5.95. The highest BCUT2D eigenvalue weighted by atomic mass is 16.5. The van der Waals surface area contributed by atoms with Crippen molar-refractivity contribution in [1.29, 1.82) is 0 Å². The first-order valence-corrected chi connectivity index (χ1v) is 19.8. The maximum absolute atomic E-state index is 13.4. The summed E-state index contributed by atoms with van der Waals surface area (Å²) in [5.41, 5.74) is 7.62. The van der Waals surface area contributed by atoms with Crippen molar-refractivity contribution in [2.45, 2.75) is 70.6 Å². The van der Waals surface area contributed by atoms with Crippen LogP contribution >= 0.6 is 0 Å². The molecule has 11 heteroatoms. The van der Waals surface area contributed by atoms with Crippen LogP contribution in [0.15, 0.2) is 66.9 Å². The number of phenolic OH excluding ortho intramolecular Hbond substituents is 1. The van der Waals surface area contributed by atoms with Crippen molar-refractivity contribution in [2.24, 2.45) is 0 Å². The molecule has 0 atom stereocenters. The van der Waals surface area contributed by atoms with E-state index in [0.717, 1.165) is 96.8 Å². The number of amides is 2. The summed E-state index contributed by atoms with van der Waals surface area (Å²) in [6.45, 7) is 1.78. The fourth-order valence-corrected chi connectivity index (χ4v) is 7.48. The molecular formula is C45H55N5O6. The number of nitrogens with zero attached hydrogens (tertiary/aromatic N) is 2. The van der Waals surface area contributed by atoms with Crippen LogP contribution in [-0.4, -0.2) is 79.3 Å². The third-order valence-corrected chi connectivity index (χ3v) is 10.6. The van der Waals surface area contributed by atoms with Gasteiger partial charge in [-0.1, -0.05) is 31.7 Å². The molecule has 3 aromatic carbocycles. The summed E-state index contributed by atoms with van der Waals surface area (Å²) in [5, 5.41) is 18.9. The van der Waals surface area contributed by atoms with Crippen molar-refractivity contribution < 1.29 is 28.9 Å². The molecule has 5 aromatic rings. The Labute approximate surface area is 329 Å². The number of fused-ring (bicyclic) bond motifs is 3. The van der Waals surface area contributed by atoms with Gasteiger partial charge in [0.1, 0.15) is 11.5 Å². The van der Waals surface area contributed by atoms with Crippen molar-refractivity contribution >= 4 is 45.4 Å². The first-order valence-electron chi connectivity index (χ1n) is 19.8. The minimum Gasteiger partial charge on any atom is -0.504 e. The van der Waals surface area contributed by atoms with Gasteiger partial charge in [-0.2, -0.15) is 0 Å². The number of hydrogen-bond donors (Lipinski definition) is 4. The van der Waals surface area contributed by atoms with Crippen molar-refractivity contribution in [3.8, 4) is 23.0 Å². The Morgan fingerprint density at radius 3 is 2.41 bits per heavy atom. The molecule has 0 aliphatic heterocycles. The van der Waals surface area contributed by atoms with E-state index in [1.54, 1.807) is 37.3 Å². The molecule has 2 aromatic heterocycles. The Kier molecular flexibility index (Phi) is 14.1. The molecule has 56 heavy (non-hydrogen) atoms. The molecule has 0 unspecified atom stereocenters. The van der Waals surface area contributed by atoms with Gasteiger partial charge >= 0.3 is 0 Å². The number of pyridine rings is 1. The van der Waals surface area contributed by atoms with Crippen LogP contribution in [0.5, 0.6) is 23.0 Å². The lowest BCUT2D eigenvalue weighted by Gasteiger charge is -2.22. The van der Waals surface area contributed by atoms with Gasteiger partial charge < -0.3 is 39.8 Å². The summed E-state index contributed by atoms with van der Waals surface area (Å²) in [6, 6.07) is 16.9. The number of phenols is 1. The summed E-state index contributed by atoms with van der Waals surface area (Å²) >= 11 is 0. The maximum Gasteiger partial charge on any atom is 0.247 e. The molecule has 1 aliphatic rings. The normalized spacial score (nSPS) is 12.5. The molecule has 0 spiro atoms. The Morgan fingerprint density at radius 1 is 0.857 bits per heavy atom. The van der Waals surface area contributed by atoms with Crippen LogP contribution in [0, 0.1) is 0 Å². The van der Waals surface area contributed by atoms with Gasteiger partial charge in [0.2, 0.25) is 11.8 Å². The summed E-state index contributed by atoms with van der Waals surface area (Å²) in [7, 11) is 4.83. The van der Waals surface area contributed by atoms with E-state index in [0.29, 0.717) is 30.8 Å². The first kappa shape index (κ1) is 40.0. The molecule has 0 bridgehead atoms. The number of rotatable bonds is 20. The molecular weight excluding hydrogens is 707 g/mol. The zero-order valence-electron chi connectivity index (χ0n) is 32.9. The number of aromatic amines is 1. The molecule has 296 valence electrons. The minimum absolute atomic E-state index is 0.0271. The molecule has 2 amide bonds. The Hall–Kier alpha value is -5.71. The number of H-pyrrole nitrogens is 1. The Balaban J connectivity index is 0.981. The highest BCUT2D eigenvalue weighted by Crippen LogP contribution is 2.35. The fourth-order valence-electron chi connectivity index (χ4n) is 7.48. The van der Waals surface area contributed by atoms with E-state index in [4.69, 9.17) is 19.2 Å². The van der Waals surface area contributed by atoms with E-state index in [1.807, 2.05) is 30.5 Å². The number of aromatic nitrogens is 2. The van der Waals surface area contributed by atoms with Gasteiger partial charge in [-0.15, -0.1) is 0 Å². The zero-order valence-corrected chi connectivity index (χ0v) is 32.9. The van der Waals surface area contributed by atoms with Gasteiger partial charge in [-0.3, -0.25) is 14.6 Å². The van der Waals surface area contributed by atoms with E-state index >= 15 is 0 Å². The number of aromatic hydroxyl groups is 1. The lowest BCUT2D eigenvalue weighted by molar-refractivity contribution is -0.132. The molecule has 0 radical (unpaired) electrons. The fraction of sp³-hybridized carbons (Fsp3) is 0.400. The average Bonchev–Trinajstić information content (AvgIpc) is 3.63. The monoisotopic (exact) mass is 761 g/mol. The van der Waals surface area contributed by atoms with Crippen molar-refractivity contribution in [3.05, 3.63) is 89.3 Å². The number of carbonyl (C=O) groups excluding carboxylic acids is 2. The lowest BCUT2D eigenvalue weighted by Crippen LogP contribution is -2.41. The molecule has 2 heterocycles. The van der Waals surface area contributed by atoms with Crippen LogP contribution in [0.1, 0.15) is 73.8 Å². The van der Waals surface area contributed by atoms with Crippen LogP contribution < -0.4 is 24.8 Å². The predicted molar refractivity (Wildman–Crippen MR) is 223 cm³/mol. The number of unbranched alkanes of at least 4 members (excludes halogenated alkanes) is 5. The standard InChI is InChI=1S/C45H55N5O6/c1-54-33-16-18-38-36(27-33)32(29-48-38)22-24-46-43(52)30-50(44(53)21-15-31-14-20-41(51)42(26-31)56-3)25-11-7-5-4-6-10-23-47-45-35-12-8-9-13-39(35)49-40-19-17-34(55-2)28-37(40)45/h14-21,26-29,48,51H,4-13,22-25,30H2,1-3H3,(H,46,52)(H,47,49)/b21-15+. The minimum atomic E-state index is -0.245. The molecule has 6 rings (SSSR count). The summed E-state index contributed by atoms with van der Waals surface area (Å²) in [5.74, 6) is 1.53. The number of nitrogens with one attached hydrogen (secondary N) is 3. The van der Waals surface area contributed by atoms with Crippen LogP contribution in [0.4, 0.5) is 5.69 Å². The second kappa shape index (κ2) is 19.7. The quantitative estimate of drug-likeness (QED) is 0.0463. The smallest absolute Gasteiger partial charge is 0.247 e. The van der Waals surface area contributed by atoms with Crippen molar-refractivity contribution in [2.75, 3.05) is 52.8 Å². The zero-order chi connectivity index (χ0) is 39.3. The summed E-state index contributed by atoms with van der Waals surface area (Å²) in [6.07, 6.45) is 16.3. The third-order valence-electron chi connectivity index (χ3n) is 10.6. The molecule has 0 saturated heterocycles. The topological polar surface area (TPSA) is 138 Å². The van der Waals surface area contributed by atoms with Crippen LogP contribution in [0.3, 0.4) is 0 Å². The van der Waals surface area contributed by atoms with Gasteiger partial charge in [0, 0.05) is 59.6 Å². The molecule has 11 nitrogen and oxygen atoms in total. The number of ether oxygens (including phenoxy) is 3. The number of anilines is 1. The summed E-state index contributed by atoms with van der Waals surface area (Å²) < 4.78 is 16.1. The maximum atomic E-state index is 13.4. The van der Waals surface area contributed by atoms with Gasteiger partial charge in [-0.25, -0.2) is 0 Å². The number of benzene rings is 3. The summed E-state index contributed by atoms with van der Waals surface area (Å²) in [4.78, 5) is 36.5. The van der Waals surface area contributed by atoms with E-state index < -0.39 is 0 Å². The van der Waals surface area contributed by atoms with Crippen LogP contribution in [0.25, 0.3) is 27.9 Å². The third kappa shape index (κ3) is 10.3. The number of aryl methyl sites for hydroxylation is 1. The highest BCUT2D eigenvalue weighted by Gasteiger charge is 2.19. The second-order valence-electron chi connectivity index (χ2n) is 14.4. The lowest BCUT2D eigenvalue weighted by atomic mass is 9.92. The van der Waals surface area contributed by atoms with Gasteiger partial charge in [0.05, 0.1) is 33.4 Å². The molecule has 0 saturated carbocycles. The van der Waals surface area contributed by atoms with E-state index in [9.17, 15) is 14.7 Å². The number of methoxy groups -OCH3 is 3. The van der Waals surface area contributed by atoms with Crippen LogP contribution in [-0.2, 0) is 28.9 Å². The number of hydrogen-bond acceptors (Lipinski definition) is 8. The van der Waals surface area contributed by atoms with Crippen molar-refractivity contribution in [3.63, 3.8) is 0 Å². The SMILES string of the molecule is COc1ccc2nc3c(c(NCCCCCCCCN(CC(=O)NCCc4c[nH]c5ccc(OC)cc45)C(=O)/C=C/c4ccc(O)c(OC)c4)c2c1)CCCC3. The largest absolute Gasteiger partial charge is 0.504 e. The molecule has 1 aliphatic carbocycles. The first-order chi connectivity index (χ1) is 27.4. The van der Waals surface area contributed by atoms with Crippen LogP contribution in [0.2, 0.25) is 0 Å².